The number of nitrogens with zero attached hydrogens (tertiary/aromatic N) is 1. The normalized spacial score (nSPS) is 13.1. The molecule has 0 heterocycles. The highest BCUT2D eigenvalue weighted by Crippen LogP contribution is 2.27. The first-order chi connectivity index (χ1) is 7.56. The standard InChI is InChI=1S/C13H21NO2S/c1-10-7-8-11(13(2,3)4)9-12(10)17(15,16)14(5)6/h7-9H,1-6H3. The lowest BCUT2D eigenvalue weighted by Crippen LogP contribution is -2.24. The molecule has 0 radical (unpaired) electrons. The maximum Gasteiger partial charge on any atom is 0.242 e. The maximum atomic E-state index is 12.2. The topological polar surface area (TPSA) is 37.4 Å². The van der Waals surface area contributed by atoms with Crippen molar-refractivity contribution in [2.75, 3.05) is 14.1 Å². The van der Waals surface area contributed by atoms with E-state index in [1.807, 2.05) is 19.1 Å². The van der Waals surface area contributed by atoms with E-state index in [1.165, 1.54) is 4.31 Å². The largest absolute Gasteiger partial charge is 0.242 e. The van der Waals surface area contributed by atoms with Gasteiger partial charge in [-0.2, -0.15) is 0 Å². The average Bonchev–Trinajstić information content (AvgIpc) is 2.15. The van der Waals surface area contributed by atoms with Crippen molar-refractivity contribution < 1.29 is 8.42 Å². The monoisotopic (exact) mass is 255 g/mol. The highest BCUT2D eigenvalue weighted by Gasteiger charge is 2.22. The molecule has 3 nitrogen and oxygen atoms in total. The Kier molecular flexibility index (Phi) is 3.69. The quantitative estimate of drug-likeness (QED) is 0.814. The van der Waals surface area contributed by atoms with Gasteiger partial charge >= 0.3 is 0 Å². The fourth-order valence-electron chi connectivity index (χ4n) is 1.54. The van der Waals surface area contributed by atoms with Crippen LogP contribution in [0.1, 0.15) is 31.9 Å². The molecule has 1 aromatic carbocycles. The highest BCUT2D eigenvalue weighted by molar-refractivity contribution is 7.89. The zero-order valence-electron chi connectivity index (χ0n) is 11.4. The zero-order chi connectivity index (χ0) is 13.4. The van der Waals surface area contributed by atoms with Gasteiger partial charge < -0.3 is 0 Å². The summed E-state index contributed by atoms with van der Waals surface area (Å²) in [6.07, 6.45) is 0. The Labute approximate surface area is 105 Å². The van der Waals surface area contributed by atoms with E-state index in [0.29, 0.717) is 4.90 Å². The second-order valence-corrected chi connectivity index (χ2v) is 7.64. The summed E-state index contributed by atoms with van der Waals surface area (Å²) < 4.78 is 25.6. The zero-order valence-corrected chi connectivity index (χ0v) is 12.2. The smallest absolute Gasteiger partial charge is 0.207 e. The van der Waals surface area contributed by atoms with Gasteiger partial charge in [-0.1, -0.05) is 32.9 Å². The Morgan fingerprint density at radius 2 is 1.65 bits per heavy atom. The van der Waals surface area contributed by atoms with E-state index in [2.05, 4.69) is 20.8 Å². The molecule has 0 fully saturated rings. The summed E-state index contributed by atoms with van der Waals surface area (Å²) in [5, 5.41) is 0. The van der Waals surface area contributed by atoms with Crippen LogP contribution in [0.15, 0.2) is 23.1 Å². The third-order valence-electron chi connectivity index (χ3n) is 2.81. The van der Waals surface area contributed by atoms with Crippen LogP contribution in [-0.4, -0.2) is 26.8 Å². The Balaban J connectivity index is 3.46. The summed E-state index contributed by atoms with van der Waals surface area (Å²) in [5.41, 5.74) is 1.76. The lowest BCUT2D eigenvalue weighted by molar-refractivity contribution is 0.519. The Morgan fingerprint density at radius 1 is 1.12 bits per heavy atom. The van der Waals surface area contributed by atoms with Crippen molar-refractivity contribution in [1.82, 2.24) is 4.31 Å². The van der Waals surface area contributed by atoms with Gasteiger partial charge in [0.25, 0.3) is 0 Å². The van der Waals surface area contributed by atoms with Crippen LogP contribution >= 0.6 is 0 Å². The molecule has 0 amide bonds. The lowest BCUT2D eigenvalue weighted by Gasteiger charge is -2.21. The summed E-state index contributed by atoms with van der Waals surface area (Å²) >= 11 is 0. The first-order valence-corrected chi connectivity index (χ1v) is 7.04. The van der Waals surface area contributed by atoms with Crippen LogP contribution in [0.4, 0.5) is 0 Å². The number of sulfonamides is 1. The van der Waals surface area contributed by atoms with E-state index in [4.69, 9.17) is 0 Å². The molecule has 96 valence electrons. The van der Waals surface area contributed by atoms with E-state index in [1.54, 1.807) is 20.2 Å². The van der Waals surface area contributed by atoms with E-state index in [-0.39, 0.29) is 5.41 Å². The highest BCUT2D eigenvalue weighted by atomic mass is 32.2. The fraction of sp³-hybridized carbons (Fsp3) is 0.538. The predicted molar refractivity (Wildman–Crippen MR) is 70.8 cm³/mol. The minimum atomic E-state index is -3.36. The molecule has 4 heteroatoms. The van der Waals surface area contributed by atoms with Gasteiger partial charge in [0.05, 0.1) is 4.90 Å². The third-order valence-corrected chi connectivity index (χ3v) is 4.77. The van der Waals surface area contributed by atoms with Gasteiger partial charge in [0.1, 0.15) is 0 Å². The summed E-state index contributed by atoms with van der Waals surface area (Å²) in [7, 11) is -0.249. The minimum Gasteiger partial charge on any atom is -0.207 e. The second kappa shape index (κ2) is 4.42. The van der Waals surface area contributed by atoms with Crippen molar-refractivity contribution in [3.63, 3.8) is 0 Å². The molecule has 0 saturated heterocycles. The summed E-state index contributed by atoms with van der Waals surface area (Å²) in [6, 6.07) is 5.64. The summed E-state index contributed by atoms with van der Waals surface area (Å²) in [4.78, 5) is 0.398. The van der Waals surface area contributed by atoms with Crippen molar-refractivity contribution in [1.29, 1.82) is 0 Å². The Hall–Kier alpha value is -0.870. The van der Waals surface area contributed by atoms with Gasteiger partial charge in [0, 0.05) is 14.1 Å². The summed E-state index contributed by atoms with van der Waals surface area (Å²) in [5.74, 6) is 0. The molecular formula is C13H21NO2S. The van der Waals surface area contributed by atoms with Crippen molar-refractivity contribution in [2.24, 2.45) is 0 Å². The molecule has 1 rings (SSSR count). The third kappa shape index (κ3) is 2.87. The summed E-state index contributed by atoms with van der Waals surface area (Å²) in [6.45, 7) is 8.04. The van der Waals surface area contributed by atoms with Crippen LogP contribution in [0.3, 0.4) is 0 Å². The molecule has 0 N–H and O–H groups in total. The van der Waals surface area contributed by atoms with Crippen molar-refractivity contribution in [3.8, 4) is 0 Å². The molecule has 0 unspecified atom stereocenters. The van der Waals surface area contributed by atoms with E-state index in [0.717, 1.165) is 11.1 Å². The molecule has 1 aromatic rings. The predicted octanol–water partition coefficient (Wildman–Crippen LogP) is 2.54. The Bertz CT molecular complexity index is 511. The molecule has 0 saturated carbocycles. The minimum absolute atomic E-state index is 0.0513. The fourth-order valence-corrected chi connectivity index (χ4v) is 2.69. The van der Waals surface area contributed by atoms with Crippen LogP contribution < -0.4 is 0 Å². The van der Waals surface area contributed by atoms with Crippen LogP contribution in [-0.2, 0) is 15.4 Å². The number of rotatable bonds is 2. The van der Waals surface area contributed by atoms with Crippen LogP contribution in [0.2, 0.25) is 0 Å². The molecule has 0 atom stereocenters. The van der Waals surface area contributed by atoms with Crippen LogP contribution in [0, 0.1) is 6.92 Å². The van der Waals surface area contributed by atoms with Crippen LogP contribution in [0.25, 0.3) is 0 Å². The molecule has 0 spiro atoms. The van der Waals surface area contributed by atoms with Gasteiger partial charge in [-0.05, 0) is 29.5 Å². The van der Waals surface area contributed by atoms with Gasteiger partial charge in [0.15, 0.2) is 0 Å². The number of benzene rings is 1. The van der Waals surface area contributed by atoms with Gasteiger partial charge in [0.2, 0.25) is 10.0 Å². The lowest BCUT2D eigenvalue weighted by atomic mass is 9.87. The molecule has 0 aliphatic heterocycles. The van der Waals surface area contributed by atoms with Gasteiger partial charge in [-0.15, -0.1) is 0 Å². The molecular weight excluding hydrogens is 234 g/mol. The molecule has 0 bridgehead atoms. The first-order valence-electron chi connectivity index (χ1n) is 5.60. The van der Waals surface area contributed by atoms with Gasteiger partial charge in [-0.3, -0.25) is 0 Å². The van der Waals surface area contributed by atoms with Crippen molar-refractivity contribution in [2.45, 2.75) is 38.0 Å². The molecule has 0 aliphatic rings. The maximum absolute atomic E-state index is 12.2. The molecule has 0 aliphatic carbocycles. The Morgan fingerprint density at radius 3 is 2.06 bits per heavy atom. The number of aryl methyl sites for hydroxylation is 1. The van der Waals surface area contributed by atoms with E-state index < -0.39 is 10.0 Å². The molecule has 17 heavy (non-hydrogen) atoms. The van der Waals surface area contributed by atoms with Crippen molar-refractivity contribution >= 4 is 10.0 Å². The number of hydrogen-bond donors (Lipinski definition) is 0. The van der Waals surface area contributed by atoms with Crippen molar-refractivity contribution in [3.05, 3.63) is 29.3 Å². The average molecular weight is 255 g/mol. The van der Waals surface area contributed by atoms with Gasteiger partial charge in [-0.25, -0.2) is 12.7 Å². The second-order valence-electron chi connectivity index (χ2n) is 5.52. The van der Waals surface area contributed by atoms with E-state index in [9.17, 15) is 8.42 Å². The number of hydrogen-bond acceptors (Lipinski definition) is 2. The molecule has 0 aromatic heterocycles. The van der Waals surface area contributed by atoms with Crippen LogP contribution in [0.5, 0.6) is 0 Å². The van der Waals surface area contributed by atoms with E-state index >= 15 is 0 Å². The first kappa shape index (κ1) is 14.2. The SMILES string of the molecule is Cc1ccc(C(C)(C)C)cc1S(=O)(=O)N(C)C.